The first-order chi connectivity index (χ1) is 17.0. The van der Waals surface area contributed by atoms with Crippen molar-refractivity contribution >= 4 is 63.7 Å². The van der Waals surface area contributed by atoms with Crippen molar-refractivity contribution in [2.45, 2.75) is 35.8 Å². The van der Waals surface area contributed by atoms with E-state index in [2.05, 4.69) is 22.8 Å². The summed E-state index contributed by atoms with van der Waals surface area (Å²) in [6.45, 7) is 0.641. The molecule has 4 amide bonds. The van der Waals surface area contributed by atoms with E-state index in [9.17, 15) is 19.2 Å². The zero-order chi connectivity index (χ0) is 24.6. The SMILES string of the molecule is O=C1NC(=O)/C(=C\c2ccc(OCCCCCSc3ccc(CC4SC(=O)NC4=O)cc3)cc2)S1. The number of carbonyl (C=O) groups is 4. The van der Waals surface area contributed by atoms with Gasteiger partial charge in [0.2, 0.25) is 5.91 Å². The molecule has 182 valence electrons. The summed E-state index contributed by atoms with van der Waals surface area (Å²) >= 11 is 3.77. The average Bonchev–Trinajstić information content (AvgIpc) is 3.33. The Labute approximate surface area is 216 Å². The van der Waals surface area contributed by atoms with Gasteiger partial charge in [-0.3, -0.25) is 29.8 Å². The van der Waals surface area contributed by atoms with Gasteiger partial charge in [-0.15, -0.1) is 11.8 Å². The zero-order valence-electron chi connectivity index (χ0n) is 18.8. The van der Waals surface area contributed by atoms with E-state index in [-0.39, 0.29) is 27.5 Å². The highest BCUT2D eigenvalue weighted by atomic mass is 32.2. The number of nitrogens with one attached hydrogen (secondary N) is 2. The molecule has 2 N–H and O–H groups in total. The van der Waals surface area contributed by atoms with Crippen molar-refractivity contribution < 1.29 is 23.9 Å². The lowest BCUT2D eigenvalue weighted by molar-refractivity contribution is -0.119. The van der Waals surface area contributed by atoms with E-state index in [1.165, 1.54) is 4.90 Å². The third-order valence-electron chi connectivity index (χ3n) is 5.26. The summed E-state index contributed by atoms with van der Waals surface area (Å²) in [5, 5.41) is 3.62. The number of ether oxygens (including phenoxy) is 1. The topological polar surface area (TPSA) is 102 Å². The maximum Gasteiger partial charge on any atom is 0.290 e. The maximum absolute atomic E-state index is 11.7. The minimum atomic E-state index is -0.358. The number of amides is 4. The molecule has 2 heterocycles. The molecule has 2 aromatic carbocycles. The van der Waals surface area contributed by atoms with E-state index >= 15 is 0 Å². The third kappa shape index (κ3) is 7.65. The number of hydrogen-bond acceptors (Lipinski definition) is 8. The van der Waals surface area contributed by atoms with E-state index in [0.29, 0.717) is 17.9 Å². The predicted molar refractivity (Wildman–Crippen MR) is 141 cm³/mol. The minimum Gasteiger partial charge on any atom is -0.494 e. The summed E-state index contributed by atoms with van der Waals surface area (Å²) in [4.78, 5) is 47.4. The summed E-state index contributed by atoms with van der Waals surface area (Å²) in [5.41, 5.74) is 1.89. The van der Waals surface area contributed by atoms with Gasteiger partial charge in [-0.25, -0.2) is 0 Å². The Morgan fingerprint density at radius 1 is 0.886 bits per heavy atom. The first-order valence-electron chi connectivity index (χ1n) is 11.2. The number of benzene rings is 2. The molecule has 2 saturated heterocycles. The molecular weight excluding hydrogens is 504 g/mol. The predicted octanol–water partition coefficient (Wildman–Crippen LogP) is 5.25. The molecule has 0 bridgehead atoms. The lowest BCUT2D eigenvalue weighted by Gasteiger charge is -2.08. The summed E-state index contributed by atoms with van der Waals surface area (Å²) in [6, 6.07) is 15.6. The van der Waals surface area contributed by atoms with Crippen molar-refractivity contribution in [2.75, 3.05) is 12.4 Å². The molecule has 10 heteroatoms. The summed E-state index contributed by atoms with van der Waals surface area (Å²) < 4.78 is 5.80. The van der Waals surface area contributed by atoms with Crippen molar-refractivity contribution in [1.29, 1.82) is 0 Å². The van der Waals surface area contributed by atoms with Gasteiger partial charge in [0, 0.05) is 4.90 Å². The first-order valence-corrected chi connectivity index (χ1v) is 13.9. The number of hydrogen-bond donors (Lipinski definition) is 2. The fourth-order valence-electron chi connectivity index (χ4n) is 3.46. The maximum atomic E-state index is 11.7. The van der Waals surface area contributed by atoms with Crippen LogP contribution in [0.4, 0.5) is 9.59 Å². The lowest BCUT2D eigenvalue weighted by Crippen LogP contribution is -2.25. The Balaban J connectivity index is 1.09. The Kier molecular flexibility index (Phi) is 8.95. The number of thioether (sulfide) groups is 3. The van der Waals surface area contributed by atoms with Crippen molar-refractivity contribution in [2.24, 2.45) is 0 Å². The molecule has 2 fully saturated rings. The molecule has 0 spiro atoms. The Morgan fingerprint density at radius 3 is 2.31 bits per heavy atom. The zero-order valence-corrected chi connectivity index (χ0v) is 21.2. The molecule has 4 rings (SSSR count). The van der Waals surface area contributed by atoms with Gasteiger partial charge in [0.25, 0.3) is 16.4 Å². The standard InChI is InChI=1S/C25H24N2O5S3/c28-22-20(34-24(30)26-22)14-16-4-8-18(9-5-16)32-12-2-1-3-13-33-19-10-6-17(7-11-19)15-21-23(29)27-25(31)35-21/h4-11,14,21H,1-3,12-13,15H2,(H,26,28,30)(H,27,29,31)/b20-14+. The molecular formula is C25H24N2O5S3. The second-order valence-corrected chi connectivity index (χ2v) is 11.3. The molecule has 2 aliphatic rings. The van der Waals surface area contributed by atoms with Gasteiger partial charge < -0.3 is 4.74 Å². The van der Waals surface area contributed by atoms with Crippen LogP contribution in [0.5, 0.6) is 5.75 Å². The molecule has 0 aliphatic carbocycles. The van der Waals surface area contributed by atoms with Gasteiger partial charge in [-0.05, 0) is 84.7 Å². The smallest absolute Gasteiger partial charge is 0.290 e. The van der Waals surface area contributed by atoms with Crippen LogP contribution in [-0.2, 0) is 16.0 Å². The van der Waals surface area contributed by atoms with Crippen LogP contribution >= 0.6 is 35.3 Å². The van der Waals surface area contributed by atoms with Crippen molar-refractivity contribution in [3.63, 3.8) is 0 Å². The molecule has 2 aliphatic heterocycles. The summed E-state index contributed by atoms with van der Waals surface area (Å²) in [6.07, 6.45) is 5.36. The van der Waals surface area contributed by atoms with Crippen LogP contribution < -0.4 is 15.4 Å². The highest BCUT2D eigenvalue weighted by molar-refractivity contribution is 8.18. The van der Waals surface area contributed by atoms with Crippen LogP contribution in [0, 0.1) is 0 Å². The van der Waals surface area contributed by atoms with E-state index in [0.717, 1.165) is 65.4 Å². The van der Waals surface area contributed by atoms with Gasteiger partial charge in [-0.1, -0.05) is 36.0 Å². The van der Waals surface area contributed by atoms with Crippen molar-refractivity contribution in [3.05, 3.63) is 64.6 Å². The van der Waals surface area contributed by atoms with Crippen molar-refractivity contribution in [3.8, 4) is 5.75 Å². The quantitative estimate of drug-likeness (QED) is 0.232. The van der Waals surface area contributed by atoms with Gasteiger partial charge >= 0.3 is 0 Å². The molecule has 1 unspecified atom stereocenters. The van der Waals surface area contributed by atoms with Gasteiger partial charge in [0.05, 0.1) is 16.8 Å². The fraction of sp³-hybridized carbons (Fsp3) is 0.280. The lowest BCUT2D eigenvalue weighted by atomic mass is 10.1. The number of unbranched alkanes of at least 4 members (excludes halogenated alkanes) is 2. The summed E-state index contributed by atoms with van der Waals surface area (Å²) in [7, 11) is 0. The van der Waals surface area contributed by atoms with E-state index in [1.807, 2.05) is 36.4 Å². The number of imide groups is 2. The largest absolute Gasteiger partial charge is 0.494 e. The summed E-state index contributed by atoms with van der Waals surface area (Å²) in [5.74, 6) is 1.23. The first kappa shape index (κ1) is 25.4. The van der Waals surface area contributed by atoms with Crippen LogP contribution in [0.3, 0.4) is 0 Å². The Hall–Kier alpha value is -2.69. The van der Waals surface area contributed by atoms with Crippen LogP contribution in [0.15, 0.2) is 58.3 Å². The van der Waals surface area contributed by atoms with Crippen LogP contribution in [0.1, 0.15) is 30.4 Å². The van der Waals surface area contributed by atoms with Crippen LogP contribution in [0.2, 0.25) is 0 Å². The molecule has 0 radical (unpaired) electrons. The molecule has 0 aromatic heterocycles. The molecule has 1 atom stereocenters. The molecule has 2 aromatic rings. The van der Waals surface area contributed by atoms with Gasteiger partial charge in [-0.2, -0.15) is 0 Å². The number of rotatable bonds is 11. The van der Waals surface area contributed by atoms with Gasteiger partial charge in [0.15, 0.2) is 0 Å². The van der Waals surface area contributed by atoms with E-state index in [4.69, 9.17) is 4.74 Å². The molecule has 0 saturated carbocycles. The molecule has 35 heavy (non-hydrogen) atoms. The second kappa shape index (κ2) is 12.3. The third-order valence-corrected chi connectivity index (χ3v) is 8.15. The monoisotopic (exact) mass is 528 g/mol. The normalized spacial score (nSPS) is 18.7. The fourth-order valence-corrected chi connectivity index (χ4v) is 5.91. The highest BCUT2D eigenvalue weighted by Crippen LogP contribution is 2.27. The van der Waals surface area contributed by atoms with E-state index in [1.54, 1.807) is 17.8 Å². The van der Waals surface area contributed by atoms with Gasteiger partial charge in [0.1, 0.15) is 5.75 Å². The second-order valence-electron chi connectivity index (χ2n) is 7.91. The van der Waals surface area contributed by atoms with Crippen molar-refractivity contribution in [1.82, 2.24) is 10.6 Å². The Bertz CT molecular complexity index is 1130. The average molecular weight is 529 g/mol. The molecule has 7 nitrogen and oxygen atoms in total. The van der Waals surface area contributed by atoms with Crippen LogP contribution in [-0.4, -0.2) is 39.9 Å². The highest BCUT2D eigenvalue weighted by Gasteiger charge is 2.31. The Morgan fingerprint density at radius 2 is 1.66 bits per heavy atom. The van der Waals surface area contributed by atoms with E-state index < -0.39 is 0 Å². The minimum absolute atomic E-state index is 0.204. The number of carbonyl (C=O) groups excluding carboxylic acids is 4. The van der Waals surface area contributed by atoms with Crippen LogP contribution in [0.25, 0.3) is 6.08 Å².